The van der Waals surface area contributed by atoms with Crippen LogP contribution in [0.5, 0.6) is 0 Å². The number of aliphatic hydroxyl groups excluding tert-OH is 7. The molecule has 9 N–H and O–H groups in total. The monoisotopic (exact) mass is 862 g/mol. The van der Waals surface area contributed by atoms with Crippen molar-refractivity contribution >= 4 is 13.7 Å². The van der Waals surface area contributed by atoms with E-state index in [4.69, 9.17) is 9.05 Å². The molecule has 1 saturated carbocycles. The Labute approximate surface area is 356 Å². The highest BCUT2D eigenvalue weighted by molar-refractivity contribution is 7.47. The maximum absolute atomic E-state index is 13.0. The average Bonchev–Trinajstić information content (AvgIpc) is 3.21. The van der Waals surface area contributed by atoms with Gasteiger partial charge in [-0.15, -0.1) is 0 Å². The van der Waals surface area contributed by atoms with Crippen LogP contribution in [0.3, 0.4) is 0 Å². The molecule has 59 heavy (non-hydrogen) atoms. The summed E-state index contributed by atoms with van der Waals surface area (Å²) < 4.78 is 22.8. The fraction of sp³-hybridized carbons (Fsp3) is 0.844. The van der Waals surface area contributed by atoms with Gasteiger partial charge >= 0.3 is 7.82 Å². The summed E-state index contributed by atoms with van der Waals surface area (Å²) in [4.78, 5) is 23.4. The van der Waals surface area contributed by atoms with E-state index < -0.39 is 75.2 Å². The second-order valence-corrected chi connectivity index (χ2v) is 17.8. The number of amides is 1. The highest BCUT2D eigenvalue weighted by Gasteiger charge is 2.51. The molecule has 0 bridgehead atoms. The molecule has 14 heteroatoms. The van der Waals surface area contributed by atoms with E-state index in [-0.39, 0.29) is 6.42 Å². The van der Waals surface area contributed by atoms with Gasteiger partial charge in [0.15, 0.2) is 0 Å². The number of hydrogen-bond donors (Lipinski definition) is 9. The summed E-state index contributed by atoms with van der Waals surface area (Å²) in [6.45, 7) is 3.68. The first-order valence-corrected chi connectivity index (χ1v) is 24.5. The Bertz CT molecular complexity index is 1160. The molecule has 0 aliphatic heterocycles. The van der Waals surface area contributed by atoms with Crippen LogP contribution in [0.15, 0.2) is 36.5 Å². The summed E-state index contributed by atoms with van der Waals surface area (Å²) in [5.41, 5.74) is 0. The number of aliphatic hydroxyl groups is 7. The number of phosphoric acid groups is 1. The fourth-order valence-electron chi connectivity index (χ4n) is 7.13. The van der Waals surface area contributed by atoms with Crippen LogP contribution in [-0.4, -0.2) is 108 Å². The molecule has 1 fully saturated rings. The lowest BCUT2D eigenvalue weighted by Crippen LogP contribution is -2.64. The van der Waals surface area contributed by atoms with Crippen molar-refractivity contribution in [2.24, 2.45) is 0 Å². The molecule has 8 unspecified atom stereocenters. The van der Waals surface area contributed by atoms with Crippen molar-refractivity contribution in [3.8, 4) is 0 Å². The fourth-order valence-corrected chi connectivity index (χ4v) is 8.10. The van der Waals surface area contributed by atoms with Gasteiger partial charge in [-0.1, -0.05) is 153 Å². The van der Waals surface area contributed by atoms with Crippen molar-refractivity contribution in [3.63, 3.8) is 0 Å². The van der Waals surface area contributed by atoms with Gasteiger partial charge in [-0.25, -0.2) is 4.57 Å². The second kappa shape index (κ2) is 35.0. The standard InChI is InChI=1S/C45H84NO12P/c1-3-5-7-9-11-13-15-16-17-18-19-20-21-23-24-26-28-30-32-36(47)34-39(49)46-37(38(48)33-31-29-27-25-22-14-12-10-8-6-4-2)35-57-59(55,56)58-45-43(53)41(51)40(50)42(52)44(45)54/h19-20,22,25,31,33,36-38,40-45,47-48,50-54H,3-18,21,23-24,26-30,32,34-35H2,1-2H3,(H,46,49)(H,55,56)/b20-19-,25-22+,33-31+. The van der Waals surface area contributed by atoms with Gasteiger partial charge < -0.3 is 46.0 Å². The van der Waals surface area contributed by atoms with Gasteiger partial charge in [-0.3, -0.25) is 13.8 Å². The quantitative estimate of drug-likeness (QED) is 0.0170. The predicted molar refractivity (Wildman–Crippen MR) is 233 cm³/mol. The third-order valence-electron chi connectivity index (χ3n) is 10.9. The van der Waals surface area contributed by atoms with E-state index in [0.29, 0.717) is 12.8 Å². The molecule has 1 amide bonds. The van der Waals surface area contributed by atoms with Crippen LogP contribution in [0.2, 0.25) is 0 Å². The van der Waals surface area contributed by atoms with Crippen molar-refractivity contribution < 1.29 is 59.0 Å². The van der Waals surface area contributed by atoms with E-state index in [1.165, 1.54) is 89.5 Å². The number of carbonyl (C=O) groups is 1. The molecule has 13 nitrogen and oxygen atoms in total. The third kappa shape index (κ3) is 27.2. The zero-order chi connectivity index (χ0) is 43.7. The summed E-state index contributed by atoms with van der Waals surface area (Å²) in [7, 11) is -5.15. The Kier molecular flexibility index (Phi) is 33.0. The molecule has 1 aliphatic carbocycles. The highest BCUT2D eigenvalue weighted by atomic mass is 31.2. The predicted octanol–water partition coefficient (Wildman–Crippen LogP) is 7.36. The van der Waals surface area contributed by atoms with Crippen molar-refractivity contribution in [1.29, 1.82) is 0 Å². The number of phosphoric ester groups is 1. The SMILES string of the molecule is CCCCCCC/C=C/CC/C=C/C(O)C(COP(=O)(O)OC1C(O)C(O)C(O)C(O)C1O)NC(=O)CC(O)CCCCCCC/C=C\CCCCCCCCCCC. The molecule has 1 aliphatic rings. The van der Waals surface area contributed by atoms with Gasteiger partial charge in [0.05, 0.1) is 31.3 Å². The van der Waals surface area contributed by atoms with Gasteiger partial charge in [-0.2, -0.15) is 0 Å². The number of nitrogens with one attached hydrogen (secondary N) is 1. The minimum absolute atomic E-state index is 0.258. The summed E-state index contributed by atoms with van der Waals surface area (Å²) in [5, 5.41) is 74.3. The smallest absolute Gasteiger partial charge is 0.393 e. The molecule has 0 aromatic carbocycles. The lowest BCUT2D eigenvalue weighted by Gasteiger charge is -2.41. The second-order valence-electron chi connectivity index (χ2n) is 16.4. The van der Waals surface area contributed by atoms with Crippen LogP contribution in [0.25, 0.3) is 0 Å². The normalized spacial score (nSPS) is 23.9. The third-order valence-corrected chi connectivity index (χ3v) is 11.9. The minimum Gasteiger partial charge on any atom is -0.393 e. The maximum atomic E-state index is 13.0. The molecule has 346 valence electrons. The molecule has 0 spiro atoms. The zero-order valence-electron chi connectivity index (χ0n) is 36.4. The van der Waals surface area contributed by atoms with Gasteiger partial charge in [0.25, 0.3) is 0 Å². The summed E-state index contributed by atoms with van der Waals surface area (Å²) >= 11 is 0. The molecule has 0 heterocycles. The topological polar surface area (TPSA) is 226 Å². The Balaban J connectivity index is 2.53. The van der Waals surface area contributed by atoms with E-state index in [9.17, 15) is 50.0 Å². The first-order chi connectivity index (χ1) is 28.3. The Morgan fingerprint density at radius 1 is 0.593 bits per heavy atom. The van der Waals surface area contributed by atoms with E-state index in [2.05, 4.69) is 43.5 Å². The largest absolute Gasteiger partial charge is 0.472 e. The summed E-state index contributed by atoms with van der Waals surface area (Å²) in [5.74, 6) is -0.610. The molecule has 8 atom stereocenters. The number of hydrogen-bond acceptors (Lipinski definition) is 11. The number of unbranched alkanes of at least 4 members (excludes halogenated alkanes) is 20. The van der Waals surface area contributed by atoms with Crippen LogP contribution in [-0.2, 0) is 18.4 Å². The average molecular weight is 862 g/mol. The molecule has 0 aromatic heterocycles. The lowest BCUT2D eigenvalue weighted by molar-refractivity contribution is -0.220. The van der Waals surface area contributed by atoms with Crippen molar-refractivity contribution in [3.05, 3.63) is 36.5 Å². The van der Waals surface area contributed by atoms with Crippen LogP contribution < -0.4 is 5.32 Å². The van der Waals surface area contributed by atoms with Crippen LogP contribution in [0.4, 0.5) is 0 Å². The van der Waals surface area contributed by atoms with Crippen LogP contribution >= 0.6 is 7.82 Å². The Hall–Kier alpha value is -1.48. The summed E-state index contributed by atoms with van der Waals surface area (Å²) in [6.07, 6.45) is 25.4. The van der Waals surface area contributed by atoms with Crippen molar-refractivity contribution in [2.45, 2.75) is 236 Å². The van der Waals surface area contributed by atoms with Crippen molar-refractivity contribution in [2.75, 3.05) is 6.61 Å². The first-order valence-electron chi connectivity index (χ1n) is 23.0. The lowest BCUT2D eigenvalue weighted by atomic mass is 9.85. The van der Waals surface area contributed by atoms with Crippen LogP contribution in [0.1, 0.15) is 181 Å². The molecular formula is C45H84NO12P. The van der Waals surface area contributed by atoms with E-state index in [0.717, 1.165) is 64.2 Å². The van der Waals surface area contributed by atoms with Gasteiger partial charge in [0, 0.05) is 0 Å². The Morgan fingerprint density at radius 2 is 1.00 bits per heavy atom. The zero-order valence-corrected chi connectivity index (χ0v) is 37.3. The molecule has 0 radical (unpaired) electrons. The van der Waals surface area contributed by atoms with E-state index >= 15 is 0 Å². The van der Waals surface area contributed by atoms with E-state index in [1.54, 1.807) is 6.08 Å². The van der Waals surface area contributed by atoms with Crippen LogP contribution in [0, 0.1) is 0 Å². The van der Waals surface area contributed by atoms with Gasteiger partial charge in [0.1, 0.15) is 36.6 Å². The Morgan fingerprint density at radius 3 is 1.49 bits per heavy atom. The molecule has 0 saturated heterocycles. The van der Waals surface area contributed by atoms with Crippen molar-refractivity contribution in [1.82, 2.24) is 5.32 Å². The van der Waals surface area contributed by atoms with Gasteiger partial charge in [0.2, 0.25) is 5.91 Å². The number of rotatable bonds is 37. The van der Waals surface area contributed by atoms with E-state index in [1.807, 2.05) is 0 Å². The molecule has 1 rings (SSSR count). The first kappa shape index (κ1) is 55.5. The summed E-state index contributed by atoms with van der Waals surface area (Å²) in [6, 6.07) is -1.26. The number of carbonyl (C=O) groups excluding carboxylic acids is 1. The van der Waals surface area contributed by atoms with Gasteiger partial charge in [-0.05, 0) is 57.8 Å². The minimum atomic E-state index is -5.15. The molecular weight excluding hydrogens is 777 g/mol. The number of allylic oxidation sites excluding steroid dienone is 5. The molecule has 0 aromatic rings. The highest BCUT2D eigenvalue weighted by Crippen LogP contribution is 2.47. The maximum Gasteiger partial charge on any atom is 0.472 e.